The van der Waals surface area contributed by atoms with Crippen molar-refractivity contribution in [2.75, 3.05) is 7.11 Å². The van der Waals surface area contributed by atoms with Gasteiger partial charge in [0.1, 0.15) is 0 Å². The van der Waals surface area contributed by atoms with Crippen molar-refractivity contribution in [2.24, 2.45) is 0 Å². The number of allylic oxidation sites excluding steroid dienone is 1. The van der Waals surface area contributed by atoms with Gasteiger partial charge in [0, 0.05) is 6.08 Å². The molecule has 0 radical (unpaired) electrons. The molecule has 0 aliphatic carbocycles. The Kier molecular flexibility index (Phi) is 3.73. The molecule has 0 aliphatic rings. The van der Waals surface area contributed by atoms with Crippen molar-refractivity contribution in [1.29, 1.82) is 0 Å². The summed E-state index contributed by atoms with van der Waals surface area (Å²) in [5.74, 6) is 0.570. The van der Waals surface area contributed by atoms with Gasteiger partial charge in [0.05, 0.1) is 7.11 Å². The Morgan fingerprint density at radius 1 is 1.29 bits per heavy atom. The highest BCUT2D eigenvalue weighted by atomic mass is 16.6. The van der Waals surface area contributed by atoms with Gasteiger partial charge in [-0.05, 0) is 19.1 Å². The van der Waals surface area contributed by atoms with Crippen molar-refractivity contribution < 1.29 is 14.3 Å². The second-order valence-electron chi connectivity index (χ2n) is 2.57. The molecule has 0 spiro atoms. The first kappa shape index (κ1) is 10.3. The van der Waals surface area contributed by atoms with Crippen LogP contribution in [0.25, 0.3) is 0 Å². The molecule has 0 heterocycles. The Hall–Kier alpha value is -1.77. The van der Waals surface area contributed by atoms with E-state index in [0.29, 0.717) is 11.5 Å². The quantitative estimate of drug-likeness (QED) is 0.418. The lowest BCUT2D eigenvalue weighted by Gasteiger charge is -2.06. The van der Waals surface area contributed by atoms with E-state index in [1.165, 1.54) is 13.2 Å². The molecule has 74 valence electrons. The highest BCUT2D eigenvalue weighted by Crippen LogP contribution is 2.25. The molecular formula is C11H12O3. The van der Waals surface area contributed by atoms with E-state index in [1.807, 2.05) is 6.07 Å². The second kappa shape index (κ2) is 5.07. The van der Waals surface area contributed by atoms with Crippen LogP contribution in [0.2, 0.25) is 0 Å². The van der Waals surface area contributed by atoms with Crippen LogP contribution >= 0.6 is 0 Å². The molecule has 1 rings (SSSR count). The molecule has 3 nitrogen and oxygen atoms in total. The van der Waals surface area contributed by atoms with E-state index in [0.717, 1.165) is 0 Å². The van der Waals surface area contributed by atoms with Crippen molar-refractivity contribution in [3.05, 3.63) is 36.4 Å². The molecule has 0 unspecified atom stereocenters. The molecule has 0 N–H and O–H groups in total. The highest BCUT2D eigenvalue weighted by Gasteiger charge is 2.05. The Labute approximate surface area is 83.0 Å². The summed E-state index contributed by atoms with van der Waals surface area (Å²) in [7, 11) is 1.53. The molecule has 3 heteroatoms. The second-order valence-corrected chi connectivity index (χ2v) is 2.57. The summed E-state index contributed by atoms with van der Waals surface area (Å²) in [5, 5.41) is 0. The zero-order valence-corrected chi connectivity index (χ0v) is 8.19. The lowest BCUT2D eigenvalue weighted by atomic mass is 10.3. The van der Waals surface area contributed by atoms with Crippen LogP contribution in [0.1, 0.15) is 6.92 Å². The van der Waals surface area contributed by atoms with Gasteiger partial charge in [0.15, 0.2) is 11.5 Å². The van der Waals surface area contributed by atoms with E-state index in [2.05, 4.69) is 0 Å². The van der Waals surface area contributed by atoms with E-state index in [9.17, 15) is 4.79 Å². The molecule has 14 heavy (non-hydrogen) atoms. The summed E-state index contributed by atoms with van der Waals surface area (Å²) < 4.78 is 10.0. The third kappa shape index (κ3) is 2.62. The van der Waals surface area contributed by atoms with E-state index in [-0.39, 0.29) is 0 Å². The summed E-state index contributed by atoms with van der Waals surface area (Å²) in [6, 6.07) is 7.01. The number of esters is 1. The maximum atomic E-state index is 11.1. The molecule has 0 saturated carbocycles. The number of hydrogen-bond acceptors (Lipinski definition) is 3. The van der Waals surface area contributed by atoms with E-state index < -0.39 is 5.97 Å². The van der Waals surface area contributed by atoms with Gasteiger partial charge >= 0.3 is 5.97 Å². The summed E-state index contributed by atoms with van der Waals surface area (Å²) in [6.45, 7) is 1.75. The van der Waals surface area contributed by atoms with Crippen LogP contribution in [0.3, 0.4) is 0 Å². The van der Waals surface area contributed by atoms with Gasteiger partial charge in [-0.1, -0.05) is 18.2 Å². The number of rotatable bonds is 3. The predicted molar refractivity (Wildman–Crippen MR) is 53.4 cm³/mol. The minimum Gasteiger partial charge on any atom is -0.493 e. The molecule has 0 saturated heterocycles. The smallest absolute Gasteiger partial charge is 0.335 e. The summed E-state index contributed by atoms with van der Waals surface area (Å²) in [4.78, 5) is 11.1. The molecular weight excluding hydrogens is 180 g/mol. The number of ether oxygens (including phenoxy) is 2. The Morgan fingerprint density at radius 2 is 1.93 bits per heavy atom. The molecule has 0 atom stereocenters. The van der Waals surface area contributed by atoms with Crippen LogP contribution in [0.4, 0.5) is 0 Å². The van der Waals surface area contributed by atoms with Gasteiger partial charge in [-0.15, -0.1) is 0 Å². The third-order valence-electron chi connectivity index (χ3n) is 1.58. The summed E-state index contributed by atoms with van der Waals surface area (Å²) in [6.07, 6.45) is 2.98. The SMILES string of the molecule is CC=CC(=O)Oc1ccccc1OC. The van der Waals surface area contributed by atoms with Crippen LogP contribution < -0.4 is 9.47 Å². The molecule has 0 aliphatic heterocycles. The van der Waals surface area contributed by atoms with Gasteiger partial charge < -0.3 is 9.47 Å². The van der Waals surface area contributed by atoms with Gasteiger partial charge in [-0.2, -0.15) is 0 Å². The lowest BCUT2D eigenvalue weighted by Crippen LogP contribution is -2.04. The lowest BCUT2D eigenvalue weighted by molar-refractivity contribution is -0.129. The molecule has 1 aromatic rings. The van der Waals surface area contributed by atoms with Crippen LogP contribution in [0, 0.1) is 0 Å². The van der Waals surface area contributed by atoms with Gasteiger partial charge in [-0.25, -0.2) is 4.79 Å². The highest BCUT2D eigenvalue weighted by molar-refractivity contribution is 5.84. The fraction of sp³-hybridized carbons (Fsp3) is 0.182. The number of carbonyl (C=O) groups excluding carboxylic acids is 1. The fourth-order valence-corrected chi connectivity index (χ4v) is 0.982. The average molecular weight is 192 g/mol. The van der Waals surface area contributed by atoms with E-state index in [4.69, 9.17) is 9.47 Å². The first-order valence-electron chi connectivity index (χ1n) is 4.25. The van der Waals surface area contributed by atoms with Crippen LogP contribution in [0.15, 0.2) is 36.4 Å². The molecule has 0 amide bonds. The average Bonchev–Trinajstić information content (AvgIpc) is 2.19. The largest absolute Gasteiger partial charge is 0.493 e. The van der Waals surface area contributed by atoms with Gasteiger partial charge in [-0.3, -0.25) is 0 Å². The minimum absolute atomic E-state index is 0.406. The van der Waals surface area contributed by atoms with Crippen LogP contribution in [-0.2, 0) is 4.79 Å². The Bertz CT molecular complexity index is 342. The first-order chi connectivity index (χ1) is 6.77. The molecule has 0 fully saturated rings. The number of benzene rings is 1. The monoisotopic (exact) mass is 192 g/mol. The molecule has 1 aromatic carbocycles. The van der Waals surface area contributed by atoms with Crippen molar-refractivity contribution in [1.82, 2.24) is 0 Å². The van der Waals surface area contributed by atoms with Gasteiger partial charge in [0.25, 0.3) is 0 Å². The summed E-state index contributed by atoms with van der Waals surface area (Å²) >= 11 is 0. The third-order valence-corrected chi connectivity index (χ3v) is 1.58. The maximum absolute atomic E-state index is 11.1. The normalized spacial score (nSPS) is 10.1. The molecule has 0 aromatic heterocycles. The standard InChI is InChI=1S/C11H12O3/c1-3-6-11(12)14-10-8-5-4-7-9(10)13-2/h3-8H,1-2H3. The molecule has 0 bridgehead atoms. The van der Waals surface area contributed by atoms with E-state index >= 15 is 0 Å². The van der Waals surface area contributed by atoms with Crippen LogP contribution in [0.5, 0.6) is 11.5 Å². The summed E-state index contributed by atoms with van der Waals surface area (Å²) in [5.41, 5.74) is 0. The van der Waals surface area contributed by atoms with Crippen molar-refractivity contribution in [3.63, 3.8) is 0 Å². The van der Waals surface area contributed by atoms with E-state index in [1.54, 1.807) is 31.2 Å². The predicted octanol–water partition coefficient (Wildman–Crippen LogP) is 2.18. The number of hydrogen-bond donors (Lipinski definition) is 0. The Morgan fingerprint density at radius 3 is 2.50 bits per heavy atom. The van der Waals surface area contributed by atoms with Gasteiger partial charge in [0.2, 0.25) is 0 Å². The number of carbonyl (C=O) groups is 1. The zero-order chi connectivity index (χ0) is 10.4. The first-order valence-corrected chi connectivity index (χ1v) is 4.25. The fourth-order valence-electron chi connectivity index (χ4n) is 0.982. The topological polar surface area (TPSA) is 35.5 Å². The number of methoxy groups -OCH3 is 1. The minimum atomic E-state index is -0.406. The zero-order valence-electron chi connectivity index (χ0n) is 8.19. The van der Waals surface area contributed by atoms with Crippen LogP contribution in [-0.4, -0.2) is 13.1 Å². The maximum Gasteiger partial charge on any atom is 0.335 e. The van der Waals surface area contributed by atoms with Crippen molar-refractivity contribution in [3.8, 4) is 11.5 Å². The van der Waals surface area contributed by atoms with Crippen molar-refractivity contribution in [2.45, 2.75) is 6.92 Å². The van der Waals surface area contributed by atoms with Crippen molar-refractivity contribution >= 4 is 5.97 Å². The number of para-hydroxylation sites is 2. The Balaban J connectivity index is 2.80.